The number of benzene rings is 1. The van der Waals surface area contributed by atoms with E-state index in [0.29, 0.717) is 21.8 Å². The predicted octanol–water partition coefficient (Wildman–Crippen LogP) is 1.78. The van der Waals surface area contributed by atoms with Gasteiger partial charge in [0.15, 0.2) is 5.82 Å². The van der Waals surface area contributed by atoms with E-state index in [2.05, 4.69) is 41.3 Å². The first-order valence-electron chi connectivity index (χ1n) is 6.08. The molecule has 0 saturated carbocycles. The van der Waals surface area contributed by atoms with Crippen LogP contribution >= 0.6 is 15.9 Å². The Morgan fingerprint density at radius 3 is 2.84 bits per heavy atom. The highest BCUT2D eigenvalue weighted by Gasteiger charge is 2.17. The highest BCUT2D eigenvalue weighted by molar-refractivity contribution is 9.10. The average Bonchev–Trinajstić information content (AvgIpc) is 2.92. The standard InChI is InChI=1S/C12H13BrFN5/c13-9-3-1-2-8(10(9)14)11-16-12(18-17-11)19-6-4-15-5-7-19/h1-3,15H,4-7H2,(H,16,17,18). The zero-order chi connectivity index (χ0) is 13.2. The van der Waals surface area contributed by atoms with Gasteiger partial charge in [0.25, 0.3) is 0 Å². The molecule has 0 spiro atoms. The van der Waals surface area contributed by atoms with Crippen LogP contribution in [0.4, 0.5) is 10.3 Å². The zero-order valence-electron chi connectivity index (χ0n) is 10.2. The van der Waals surface area contributed by atoms with Crippen LogP contribution in [0.15, 0.2) is 22.7 Å². The number of piperazine rings is 1. The number of H-pyrrole nitrogens is 1. The molecule has 1 aromatic carbocycles. The summed E-state index contributed by atoms with van der Waals surface area (Å²) >= 11 is 3.17. The third-order valence-electron chi connectivity index (χ3n) is 3.08. The summed E-state index contributed by atoms with van der Waals surface area (Å²) in [4.78, 5) is 6.45. The minimum absolute atomic E-state index is 0.328. The highest BCUT2D eigenvalue weighted by atomic mass is 79.9. The summed E-state index contributed by atoms with van der Waals surface area (Å²) in [5.41, 5.74) is 0.420. The molecule has 0 bridgehead atoms. The molecule has 0 unspecified atom stereocenters. The lowest BCUT2D eigenvalue weighted by Gasteiger charge is -2.25. The van der Waals surface area contributed by atoms with Gasteiger partial charge in [0, 0.05) is 26.2 Å². The molecule has 7 heteroatoms. The topological polar surface area (TPSA) is 56.8 Å². The predicted molar refractivity (Wildman–Crippen MR) is 74.6 cm³/mol. The van der Waals surface area contributed by atoms with Gasteiger partial charge in [-0.2, -0.15) is 4.98 Å². The number of halogens is 2. The molecule has 0 radical (unpaired) electrons. The van der Waals surface area contributed by atoms with E-state index in [-0.39, 0.29) is 5.82 Å². The average molecular weight is 326 g/mol. The minimum Gasteiger partial charge on any atom is -0.337 e. The summed E-state index contributed by atoms with van der Waals surface area (Å²) in [5.74, 6) is 0.744. The molecular formula is C12H13BrFN5. The monoisotopic (exact) mass is 325 g/mol. The number of nitrogens with one attached hydrogen (secondary N) is 2. The molecule has 3 rings (SSSR count). The molecule has 1 aliphatic rings. The lowest BCUT2D eigenvalue weighted by molar-refractivity contribution is 0.580. The van der Waals surface area contributed by atoms with Crippen molar-refractivity contribution in [3.63, 3.8) is 0 Å². The van der Waals surface area contributed by atoms with Crippen molar-refractivity contribution >= 4 is 21.9 Å². The summed E-state index contributed by atoms with van der Waals surface area (Å²) < 4.78 is 14.4. The van der Waals surface area contributed by atoms with Crippen molar-refractivity contribution in [2.45, 2.75) is 0 Å². The van der Waals surface area contributed by atoms with Gasteiger partial charge in [-0.15, -0.1) is 5.10 Å². The van der Waals surface area contributed by atoms with E-state index < -0.39 is 0 Å². The number of hydrogen-bond acceptors (Lipinski definition) is 4. The third kappa shape index (κ3) is 2.48. The van der Waals surface area contributed by atoms with Crippen LogP contribution in [0.1, 0.15) is 0 Å². The SMILES string of the molecule is Fc1c(Br)cccc1-c1nc(N2CCNCC2)n[nH]1. The number of aromatic amines is 1. The zero-order valence-corrected chi connectivity index (χ0v) is 11.7. The van der Waals surface area contributed by atoms with Gasteiger partial charge in [-0.1, -0.05) is 6.07 Å². The lowest BCUT2D eigenvalue weighted by Crippen LogP contribution is -2.44. The maximum Gasteiger partial charge on any atom is 0.245 e. The van der Waals surface area contributed by atoms with Crippen LogP contribution in [0.5, 0.6) is 0 Å². The minimum atomic E-state index is -0.328. The van der Waals surface area contributed by atoms with E-state index in [0.717, 1.165) is 26.2 Å². The first-order chi connectivity index (χ1) is 9.25. The second-order valence-corrected chi connectivity index (χ2v) is 5.18. The number of nitrogens with zero attached hydrogens (tertiary/aromatic N) is 3. The van der Waals surface area contributed by atoms with Gasteiger partial charge in [0.05, 0.1) is 10.0 Å². The number of rotatable bonds is 2. The molecular weight excluding hydrogens is 313 g/mol. The van der Waals surface area contributed by atoms with Gasteiger partial charge in [-0.25, -0.2) is 4.39 Å². The number of aromatic nitrogens is 3. The molecule has 2 heterocycles. The van der Waals surface area contributed by atoms with Crippen molar-refractivity contribution in [3.05, 3.63) is 28.5 Å². The van der Waals surface area contributed by atoms with Gasteiger partial charge in [0.1, 0.15) is 5.82 Å². The molecule has 0 aliphatic carbocycles. The maximum atomic E-state index is 14.0. The Balaban J connectivity index is 1.90. The Labute approximate surface area is 118 Å². The molecule has 2 aromatic rings. The molecule has 2 N–H and O–H groups in total. The van der Waals surface area contributed by atoms with Gasteiger partial charge in [-0.3, -0.25) is 5.10 Å². The molecule has 1 saturated heterocycles. The lowest BCUT2D eigenvalue weighted by atomic mass is 10.2. The van der Waals surface area contributed by atoms with Crippen molar-refractivity contribution < 1.29 is 4.39 Å². The van der Waals surface area contributed by atoms with Crippen molar-refractivity contribution in [1.29, 1.82) is 0 Å². The Kier molecular flexibility index (Phi) is 3.48. The first-order valence-corrected chi connectivity index (χ1v) is 6.87. The Morgan fingerprint density at radius 2 is 2.05 bits per heavy atom. The van der Waals surface area contributed by atoms with E-state index >= 15 is 0 Å². The van der Waals surface area contributed by atoms with Crippen LogP contribution in [0.2, 0.25) is 0 Å². The van der Waals surface area contributed by atoms with Gasteiger partial charge >= 0.3 is 0 Å². The molecule has 100 valence electrons. The van der Waals surface area contributed by atoms with Crippen molar-refractivity contribution in [2.24, 2.45) is 0 Å². The van der Waals surface area contributed by atoms with Crippen LogP contribution < -0.4 is 10.2 Å². The number of anilines is 1. The second-order valence-electron chi connectivity index (χ2n) is 4.32. The third-order valence-corrected chi connectivity index (χ3v) is 3.69. The van der Waals surface area contributed by atoms with Crippen LogP contribution in [0.25, 0.3) is 11.4 Å². The Morgan fingerprint density at radius 1 is 1.26 bits per heavy atom. The summed E-state index contributed by atoms with van der Waals surface area (Å²) in [7, 11) is 0. The fourth-order valence-electron chi connectivity index (χ4n) is 2.07. The summed E-state index contributed by atoms with van der Waals surface area (Å²) in [5, 5.41) is 10.2. The number of hydrogen-bond donors (Lipinski definition) is 2. The maximum absolute atomic E-state index is 14.0. The van der Waals surface area contributed by atoms with Crippen LogP contribution in [0, 0.1) is 5.82 Å². The van der Waals surface area contributed by atoms with Crippen LogP contribution in [-0.2, 0) is 0 Å². The van der Waals surface area contributed by atoms with Gasteiger partial charge < -0.3 is 10.2 Å². The molecule has 19 heavy (non-hydrogen) atoms. The van der Waals surface area contributed by atoms with E-state index in [1.54, 1.807) is 18.2 Å². The Hall–Kier alpha value is -1.47. The molecule has 5 nitrogen and oxygen atoms in total. The van der Waals surface area contributed by atoms with E-state index in [1.807, 2.05) is 0 Å². The Bertz CT molecular complexity index is 579. The molecule has 1 fully saturated rings. The second kappa shape index (κ2) is 5.26. The van der Waals surface area contributed by atoms with Crippen molar-refractivity contribution in [3.8, 4) is 11.4 Å². The molecule has 0 atom stereocenters. The van der Waals surface area contributed by atoms with Crippen LogP contribution in [0.3, 0.4) is 0 Å². The van der Waals surface area contributed by atoms with Crippen molar-refractivity contribution in [2.75, 3.05) is 31.1 Å². The fourth-order valence-corrected chi connectivity index (χ4v) is 2.43. The summed E-state index contributed by atoms with van der Waals surface area (Å²) in [6, 6.07) is 5.12. The van der Waals surface area contributed by atoms with E-state index in [1.165, 1.54) is 0 Å². The van der Waals surface area contributed by atoms with Gasteiger partial charge in [0.2, 0.25) is 5.95 Å². The van der Waals surface area contributed by atoms with Crippen molar-refractivity contribution in [1.82, 2.24) is 20.5 Å². The normalized spacial score (nSPS) is 15.8. The largest absolute Gasteiger partial charge is 0.337 e. The highest BCUT2D eigenvalue weighted by Crippen LogP contribution is 2.26. The van der Waals surface area contributed by atoms with Gasteiger partial charge in [-0.05, 0) is 28.1 Å². The fraction of sp³-hybridized carbons (Fsp3) is 0.333. The van der Waals surface area contributed by atoms with E-state index in [9.17, 15) is 4.39 Å². The van der Waals surface area contributed by atoms with Crippen LogP contribution in [-0.4, -0.2) is 41.4 Å². The molecule has 1 aliphatic heterocycles. The van der Waals surface area contributed by atoms with E-state index in [4.69, 9.17) is 0 Å². The molecule has 1 aromatic heterocycles. The summed E-state index contributed by atoms with van der Waals surface area (Å²) in [6.45, 7) is 3.54. The smallest absolute Gasteiger partial charge is 0.245 e. The molecule has 0 amide bonds. The first kappa shape index (κ1) is 12.6. The summed E-state index contributed by atoms with van der Waals surface area (Å²) in [6.07, 6.45) is 0. The quantitative estimate of drug-likeness (QED) is 0.883.